The van der Waals surface area contributed by atoms with Crippen molar-refractivity contribution in [3.8, 4) is 0 Å². The summed E-state index contributed by atoms with van der Waals surface area (Å²) in [7, 11) is 1.67. The van der Waals surface area contributed by atoms with Gasteiger partial charge in [-0.3, -0.25) is 19.8 Å². The Morgan fingerprint density at radius 1 is 1.41 bits per heavy atom. The lowest BCUT2D eigenvalue weighted by Crippen LogP contribution is -2.32. The van der Waals surface area contributed by atoms with Gasteiger partial charge < -0.3 is 5.11 Å². The minimum atomic E-state index is -0.886. The van der Waals surface area contributed by atoms with Crippen molar-refractivity contribution in [3.05, 3.63) is 18.5 Å². The van der Waals surface area contributed by atoms with Crippen molar-refractivity contribution >= 4 is 17.8 Å². The number of hydrogen-bond donors (Lipinski definition) is 2. The zero-order chi connectivity index (χ0) is 12.7. The minimum absolute atomic E-state index is 0.00557. The van der Waals surface area contributed by atoms with Crippen LogP contribution in [0.5, 0.6) is 0 Å². The van der Waals surface area contributed by atoms with Crippen molar-refractivity contribution in [2.75, 3.05) is 25.5 Å². The Hall–Kier alpha value is -2.02. The van der Waals surface area contributed by atoms with Gasteiger partial charge in [-0.2, -0.15) is 0 Å². The first-order chi connectivity index (χ1) is 8.08. The fourth-order valence-corrected chi connectivity index (χ4v) is 1.14. The number of anilines is 1. The molecule has 0 saturated heterocycles. The van der Waals surface area contributed by atoms with E-state index in [2.05, 4.69) is 15.3 Å². The Morgan fingerprint density at radius 2 is 2.06 bits per heavy atom. The number of carboxylic acids is 1. The fraction of sp³-hybridized carbons (Fsp3) is 0.400. The summed E-state index contributed by atoms with van der Waals surface area (Å²) in [6.45, 7) is 0.421. The van der Waals surface area contributed by atoms with E-state index < -0.39 is 5.97 Å². The standard InChI is InChI=1S/C10H14N4O3/c1-14(6-3-9(16)17)7-8(15)13-10-11-4-2-5-12-10/h2,4-5H,3,6-7H2,1H3,(H,16,17)(H,11,12,13,15). The number of rotatable bonds is 6. The number of nitrogens with zero attached hydrogens (tertiary/aromatic N) is 3. The number of nitrogens with one attached hydrogen (secondary N) is 1. The molecule has 7 nitrogen and oxygen atoms in total. The van der Waals surface area contributed by atoms with Gasteiger partial charge in [0.25, 0.3) is 0 Å². The SMILES string of the molecule is CN(CCC(=O)O)CC(=O)Nc1ncccn1. The van der Waals surface area contributed by atoms with E-state index in [1.807, 2.05) is 0 Å². The number of aromatic nitrogens is 2. The second-order valence-corrected chi connectivity index (χ2v) is 3.50. The van der Waals surface area contributed by atoms with Gasteiger partial charge in [-0.05, 0) is 13.1 Å². The Morgan fingerprint density at radius 3 is 2.65 bits per heavy atom. The number of carbonyl (C=O) groups is 2. The van der Waals surface area contributed by atoms with Crippen LogP contribution in [0.25, 0.3) is 0 Å². The molecule has 0 aliphatic rings. The number of likely N-dealkylation sites (N-methyl/N-ethyl adjacent to an activating group) is 1. The van der Waals surface area contributed by atoms with Gasteiger partial charge in [0.2, 0.25) is 11.9 Å². The third-order valence-electron chi connectivity index (χ3n) is 1.94. The highest BCUT2D eigenvalue weighted by Gasteiger charge is 2.09. The van der Waals surface area contributed by atoms with E-state index in [9.17, 15) is 9.59 Å². The van der Waals surface area contributed by atoms with Gasteiger partial charge in [-0.25, -0.2) is 9.97 Å². The first-order valence-electron chi connectivity index (χ1n) is 5.05. The molecule has 17 heavy (non-hydrogen) atoms. The molecule has 1 heterocycles. The van der Waals surface area contributed by atoms with Crippen LogP contribution in [0.1, 0.15) is 6.42 Å². The van der Waals surface area contributed by atoms with Crippen molar-refractivity contribution < 1.29 is 14.7 Å². The van der Waals surface area contributed by atoms with E-state index in [1.165, 1.54) is 12.4 Å². The Labute approximate surface area is 98.5 Å². The maximum absolute atomic E-state index is 11.5. The number of aliphatic carboxylic acids is 1. The zero-order valence-corrected chi connectivity index (χ0v) is 9.46. The van der Waals surface area contributed by atoms with Gasteiger partial charge in [0.15, 0.2) is 0 Å². The Kier molecular flexibility index (Phi) is 5.02. The summed E-state index contributed by atoms with van der Waals surface area (Å²) >= 11 is 0. The fourth-order valence-electron chi connectivity index (χ4n) is 1.14. The van der Waals surface area contributed by atoms with Crippen LogP contribution in [-0.4, -0.2) is 52.0 Å². The van der Waals surface area contributed by atoms with Crippen molar-refractivity contribution in [2.45, 2.75) is 6.42 Å². The number of hydrogen-bond acceptors (Lipinski definition) is 5. The van der Waals surface area contributed by atoms with E-state index >= 15 is 0 Å². The lowest BCUT2D eigenvalue weighted by molar-refractivity contribution is -0.137. The number of carbonyl (C=O) groups excluding carboxylic acids is 1. The van der Waals surface area contributed by atoms with Gasteiger partial charge in [0.05, 0.1) is 13.0 Å². The molecular weight excluding hydrogens is 224 g/mol. The normalized spacial score (nSPS) is 10.2. The predicted octanol–water partition coefficient (Wildman–Crippen LogP) is -0.178. The average Bonchev–Trinajstić information content (AvgIpc) is 2.27. The molecule has 0 fully saturated rings. The third kappa shape index (κ3) is 5.57. The Balaban J connectivity index is 2.32. The van der Waals surface area contributed by atoms with Gasteiger partial charge >= 0.3 is 5.97 Å². The molecule has 0 aliphatic carbocycles. The molecule has 7 heteroatoms. The van der Waals surface area contributed by atoms with Crippen LogP contribution in [0.3, 0.4) is 0 Å². The molecule has 0 aromatic carbocycles. The van der Waals surface area contributed by atoms with E-state index in [1.54, 1.807) is 18.0 Å². The molecule has 92 valence electrons. The van der Waals surface area contributed by atoms with Crippen molar-refractivity contribution in [2.24, 2.45) is 0 Å². The monoisotopic (exact) mass is 238 g/mol. The molecule has 0 atom stereocenters. The topological polar surface area (TPSA) is 95.4 Å². The average molecular weight is 238 g/mol. The predicted molar refractivity (Wildman–Crippen MR) is 60.4 cm³/mol. The van der Waals surface area contributed by atoms with E-state index in [-0.39, 0.29) is 24.8 Å². The van der Waals surface area contributed by atoms with Gasteiger partial charge in [0, 0.05) is 18.9 Å². The molecular formula is C10H14N4O3. The van der Waals surface area contributed by atoms with Crippen LogP contribution < -0.4 is 5.32 Å². The summed E-state index contributed by atoms with van der Waals surface area (Å²) < 4.78 is 0. The van der Waals surface area contributed by atoms with Crippen LogP contribution in [0, 0.1) is 0 Å². The van der Waals surface area contributed by atoms with E-state index in [4.69, 9.17) is 5.11 Å². The highest BCUT2D eigenvalue weighted by molar-refractivity contribution is 5.90. The zero-order valence-electron chi connectivity index (χ0n) is 9.46. The summed E-state index contributed by atoms with van der Waals surface area (Å²) in [6, 6.07) is 1.65. The highest BCUT2D eigenvalue weighted by atomic mass is 16.4. The largest absolute Gasteiger partial charge is 0.481 e. The van der Waals surface area contributed by atoms with Crippen LogP contribution >= 0.6 is 0 Å². The first kappa shape index (κ1) is 13.0. The van der Waals surface area contributed by atoms with E-state index in [0.29, 0.717) is 6.54 Å². The van der Waals surface area contributed by atoms with Crippen molar-refractivity contribution in [3.63, 3.8) is 0 Å². The number of amides is 1. The summed E-state index contributed by atoms with van der Waals surface area (Å²) in [5.74, 6) is -0.920. The maximum atomic E-state index is 11.5. The maximum Gasteiger partial charge on any atom is 0.304 e. The summed E-state index contributed by atoms with van der Waals surface area (Å²) in [6.07, 6.45) is 3.05. The van der Waals surface area contributed by atoms with Crippen LogP contribution in [0.15, 0.2) is 18.5 Å². The number of carboxylic acid groups (broad SMARTS) is 1. The molecule has 1 aromatic heterocycles. The smallest absolute Gasteiger partial charge is 0.304 e. The molecule has 0 spiro atoms. The van der Waals surface area contributed by atoms with Gasteiger partial charge in [-0.1, -0.05) is 0 Å². The van der Waals surface area contributed by atoms with E-state index in [0.717, 1.165) is 0 Å². The molecule has 1 amide bonds. The lowest BCUT2D eigenvalue weighted by atomic mass is 10.4. The minimum Gasteiger partial charge on any atom is -0.481 e. The molecule has 0 unspecified atom stereocenters. The molecule has 0 bridgehead atoms. The second-order valence-electron chi connectivity index (χ2n) is 3.50. The van der Waals surface area contributed by atoms with Crippen molar-refractivity contribution in [1.29, 1.82) is 0 Å². The summed E-state index contributed by atoms with van der Waals surface area (Å²) in [5.41, 5.74) is 0. The summed E-state index contributed by atoms with van der Waals surface area (Å²) in [5, 5.41) is 11.0. The van der Waals surface area contributed by atoms with Gasteiger partial charge in [-0.15, -0.1) is 0 Å². The quantitative estimate of drug-likeness (QED) is 0.714. The first-order valence-corrected chi connectivity index (χ1v) is 5.05. The Bertz CT molecular complexity index is 382. The molecule has 1 aromatic rings. The molecule has 0 radical (unpaired) electrons. The molecule has 1 rings (SSSR count). The second kappa shape index (κ2) is 6.54. The lowest BCUT2D eigenvalue weighted by Gasteiger charge is -2.14. The molecule has 0 saturated carbocycles. The third-order valence-corrected chi connectivity index (χ3v) is 1.94. The van der Waals surface area contributed by atoms with Crippen LogP contribution in [0.4, 0.5) is 5.95 Å². The molecule has 2 N–H and O–H groups in total. The highest BCUT2D eigenvalue weighted by Crippen LogP contribution is 1.95. The molecule has 0 aliphatic heterocycles. The van der Waals surface area contributed by atoms with Crippen LogP contribution in [0.2, 0.25) is 0 Å². The van der Waals surface area contributed by atoms with Crippen molar-refractivity contribution in [1.82, 2.24) is 14.9 Å². The van der Waals surface area contributed by atoms with Crippen LogP contribution in [-0.2, 0) is 9.59 Å². The van der Waals surface area contributed by atoms with Gasteiger partial charge in [0.1, 0.15) is 0 Å². The summed E-state index contributed by atoms with van der Waals surface area (Å²) in [4.78, 5) is 31.1.